The number of hydrogen-bond donors (Lipinski definition) is 0. The van der Waals surface area contributed by atoms with E-state index >= 15 is 0 Å². The minimum Gasteiger partial charge on any atom is -0.333 e. The quantitative estimate of drug-likeness (QED) is 0.526. The number of likely N-dealkylation sites (tertiary alicyclic amines) is 1. The van der Waals surface area contributed by atoms with E-state index < -0.39 is 0 Å². The Bertz CT molecular complexity index is 125. The lowest BCUT2D eigenvalue weighted by molar-refractivity contribution is 0.298. The summed E-state index contributed by atoms with van der Waals surface area (Å²) in [6, 6.07) is 0.543. The molecular formula is C7H13N2O. The van der Waals surface area contributed by atoms with Crippen molar-refractivity contribution in [2.24, 2.45) is 0 Å². The SMILES string of the molecule is CN(C)C1CCN([C]=O)C1. The second kappa shape index (κ2) is 3.01. The topological polar surface area (TPSA) is 23.6 Å². The molecule has 0 bridgehead atoms. The molecule has 10 heavy (non-hydrogen) atoms. The Hall–Kier alpha value is -0.570. The van der Waals surface area contributed by atoms with Crippen molar-refractivity contribution in [2.75, 3.05) is 27.2 Å². The first-order valence-corrected chi connectivity index (χ1v) is 3.53. The smallest absolute Gasteiger partial charge is 0.312 e. The summed E-state index contributed by atoms with van der Waals surface area (Å²) in [6.07, 6.45) is 2.99. The molecule has 3 heteroatoms. The van der Waals surface area contributed by atoms with Gasteiger partial charge in [0, 0.05) is 19.1 Å². The summed E-state index contributed by atoms with van der Waals surface area (Å²) in [4.78, 5) is 14.0. The van der Waals surface area contributed by atoms with Gasteiger partial charge in [0.2, 0.25) is 0 Å². The van der Waals surface area contributed by atoms with E-state index in [1.807, 2.05) is 20.5 Å². The second-order valence-corrected chi connectivity index (χ2v) is 2.94. The Kier molecular flexibility index (Phi) is 2.27. The molecule has 0 aliphatic carbocycles. The number of likely N-dealkylation sites (N-methyl/N-ethyl adjacent to an activating group) is 1. The van der Waals surface area contributed by atoms with Gasteiger partial charge in [-0.15, -0.1) is 0 Å². The third kappa shape index (κ3) is 1.48. The van der Waals surface area contributed by atoms with Crippen LogP contribution < -0.4 is 0 Å². The third-order valence-corrected chi connectivity index (χ3v) is 2.02. The molecule has 1 amide bonds. The van der Waals surface area contributed by atoms with Gasteiger partial charge >= 0.3 is 6.41 Å². The molecule has 1 atom stereocenters. The maximum Gasteiger partial charge on any atom is 0.312 e. The fourth-order valence-electron chi connectivity index (χ4n) is 1.25. The number of nitrogens with zero attached hydrogens (tertiary/aromatic N) is 2. The molecular weight excluding hydrogens is 128 g/mol. The van der Waals surface area contributed by atoms with E-state index in [1.54, 1.807) is 4.90 Å². The number of hydrogen-bond acceptors (Lipinski definition) is 2. The summed E-state index contributed by atoms with van der Waals surface area (Å²) in [5.74, 6) is 0. The average molecular weight is 141 g/mol. The summed E-state index contributed by atoms with van der Waals surface area (Å²) in [7, 11) is 4.08. The fourth-order valence-corrected chi connectivity index (χ4v) is 1.25. The Morgan fingerprint density at radius 2 is 2.30 bits per heavy atom. The van der Waals surface area contributed by atoms with Gasteiger partial charge in [-0.25, -0.2) is 0 Å². The maximum atomic E-state index is 10.2. The number of rotatable bonds is 2. The third-order valence-electron chi connectivity index (χ3n) is 2.02. The van der Waals surface area contributed by atoms with Crippen molar-refractivity contribution in [3.63, 3.8) is 0 Å². The van der Waals surface area contributed by atoms with Crippen LogP contribution in [0.2, 0.25) is 0 Å². The van der Waals surface area contributed by atoms with E-state index in [0.717, 1.165) is 19.5 Å². The Morgan fingerprint density at radius 1 is 1.60 bits per heavy atom. The van der Waals surface area contributed by atoms with E-state index in [9.17, 15) is 4.79 Å². The maximum absolute atomic E-state index is 10.2. The van der Waals surface area contributed by atoms with Crippen molar-refractivity contribution < 1.29 is 4.79 Å². The summed E-state index contributed by atoms with van der Waals surface area (Å²) in [5, 5.41) is 0. The first kappa shape index (κ1) is 7.54. The Labute approximate surface area is 61.6 Å². The molecule has 1 rings (SSSR count). The number of amides is 1. The van der Waals surface area contributed by atoms with Crippen LogP contribution in [-0.2, 0) is 4.79 Å². The Morgan fingerprint density at radius 3 is 2.60 bits per heavy atom. The van der Waals surface area contributed by atoms with E-state index in [4.69, 9.17) is 0 Å². The molecule has 1 unspecified atom stereocenters. The molecule has 0 aromatic carbocycles. The highest BCUT2D eigenvalue weighted by Gasteiger charge is 2.22. The highest BCUT2D eigenvalue weighted by atomic mass is 16.1. The van der Waals surface area contributed by atoms with Crippen LogP contribution in [0.25, 0.3) is 0 Å². The normalized spacial score (nSPS) is 25.9. The Balaban J connectivity index is 2.35. The van der Waals surface area contributed by atoms with Crippen LogP contribution in [0.5, 0.6) is 0 Å². The van der Waals surface area contributed by atoms with Crippen LogP contribution in [0, 0.1) is 0 Å². The first-order valence-electron chi connectivity index (χ1n) is 3.53. The number of carbonyl (C=O) groups excluding carboxylic acids is 1. The fraction of sp³-hybridized carbons (Fsp3) is 0.857. The van der Waals surface area contributed by atoms with Crippen LogP contribution in [-0.4, -0.2) is 49.4 Å². The largest absolute Gasteiger partial charge is 0.333 e. The summed E-state index contributed by atoms with van der Waals surface area (Å²) in [5.41, 5.74) is 0. The zero-order valence-corrected chi connectivity index (χ0v) is 6.50. The lowest BCUT2D eigenvalue weighted by Crippen LogP contribution is -2.30. The summed E-state index contributed by atoms with van der Waals surface area (Å²) < 4.78 is 0. The monoisotopic (exact) mass is 141 g/mol. The molecule has 1 aliphatic rings. The lowest BCUT2D eigenvalue weighted by atomic mass is 10.2. The molecule has 57 valence electrons. The highest BCUT2D eigenvalue weighted by Crippen LogP contribution is 2.10. The lowest BCUT2D eigenvalue weighted by Gasteiger charge is -2.17. The van der Waals surface area contributed by atoms with Crippen molar-refractivity contribution >= 4 is 6.41 Å². The van der Waals surface area contributed by atoms with Gasteiger partial charge in [-0.1, -0.05) is 0 Å². The molecule has 1 saturated heterocycles. The first-order chi connectivity index (χ1) is 4.74. The minimum atomic E-state index is 0.543. The highest BCUT2D eigenvalue weighted by molar-refractivity contribution is 5.48. The van der Waals surface area contributed by atoms with Crippen LogP contribution in [0.4, 0.5) is 0 Å². The van der Waals surface area contributed by atoms with E-state index in [0.29, 0.717) is 6.04 Å². The van der Waals surface area contributed by atoms with E-state index in [2.05, 4.69) is 4.90 Å². The standard InChI is InChI=1S/C7H13N2O/c1-8(2)7-3-4-9(5-7)6-10/h7H,3-5H2,1-2H3. The van der Waals surface area contributed by atoms with Crippen LogP contribution >= 0.6 is 0 Å². The van der Waals surface area contributed by atoms with Gasteiger partial charge in [0.1, 0.15) is 0 Å². The van der Waals surface area contributed by atoms with Gasteiger partial charge in [0.05, 0.1) is 0 Å². The molecule has 3 nitrogen and oxygen atoms in total. The van der Waals surface area contributed by atoms with Crippen LogP contribution in [0.3, 0.4) is 0 Å². The van der Waals surface area contributed by atoms with Gasteiger partial charge in [-0.3, -0.25) is 4.79 Å². The van der Waals surface area contributed by atoms with Crippen LogP contribution in [0.15, 0.2) is 0 Å². The molecule has 0 aromatic rings. The van der Waals surface area contributed by atoms with Crippen molar-refractivity contribution in [3.05, 3.63) is 0 Å². The molecule has 0 saturated carbocycles. The predicted molar refractivity (Wildman–Crippen MR) is 39.4 cm³/mol. The molecule has 0 N–H and O–H groups in total. The molecule has 1 fully saturated rings. The minimum absolute atomic E-state index is 0.543. The summed E-state index contributed by atoms with van der Waals surface area (Å²) in [6.45, 7) is 1.71. The van der Waals surface area contributed by atoms with Crippen molar-refractivity contribution in [1.82, 2.24) is 9.80 Å². The van der Waals surface area contributed by atoms with Gasteiger partial charge in [0.15, 0.2) is 0 Å². The summed E-state index contributed by atoms with van der Waals surface area (Å²) >= 11 is 0. The zero-order valence-electron chi connectivity index (χ0n) is 6.50. The zero-order chi connectivity index (χ0) is 7.56. The van der Waals surface area contributed by atoms with E-state index in [1.165, 1.54) is 0 Å². The second-order valence-electron chi connectivity index (χ2n) is 2.94. The van der Waals surface area contributed by atoms with Gasteiger partial charge in [-0.05, 0) is 20.5 Å². The van der Waals surface area contributed by atoms with Gasteiger partial charge < -0.3 is 9.80 Å². The molecule has 0 aromatic heterocycles. The van der Waals surface area contributed by atoms with Gasteiger partial charge in [0.25, 0.3) is 0 Å². The molecule has 0 spiro atoms. The predicted octanol–water partition coefficient (Wildman–Crippen LogP) is -0.310. The van der Waals surface area contributed by atoms with Crippen LogP contribution in [0.1, 0.15) is 6.42 Å². The van der Waals surface area contributed by atoms with E-state index in [-0.39, 0.29) is 0 Å². The average Bonchev–Trinajstić information content (AvgIpc) is 2.34. The van der Waals surface area contributed by atoms with Crippen molar-refractivity contribution in [3.8, 4) is 0 Å². The molecule has 1 heterocycles. The molecule has 1 radical (unpaired) electrons. The van der Waals surface area contributed by atoms with Crippen molar-refractivity contribution in [2.45, 2.75) is 12.5 Å². The molecule has 1 aliphatic heterocycles. The van der Waals surface area contributed by atoms with Gasteiger partial charge in [-0.2, -0.15) is 0 Å². The van der Waals surface area contributed by atoms with Crippen molar-refractivity contribution in [1.29, 1.82) is 0 Å².